The molecule has 1 amide bonds. The van der Waals surface area contributed by atoms with Crippen LogP contribution in [0.4, 0.5) is 0 Å². The molecule has 0 radical (unpaired) electrons. The Balaban J connectivity index is 2.63. The van der Waals surface area contributed by atoms with E-state index in [-0.39, 0.29) is 5.91 Å². The maximum atomic E-state index is 11.7. The van der Waals surface area contributed by atoms with Crippen molar-refractivity contribution in [2.45, 2.75) is 13.5 Å². The molecule has 0 aliphatic rings. The zero-order valence-corrected chi connectivity index (χ0v) is 14.5. The minimum absolute atomic E-state index is 0.0508. The topological polar surface area (TPSA) is 29.1 Å². The second kappa shape index (κ2) is 6.95. The smallest absolute Gasteiger partial charge is 0.259 e. The van der Waals surface area contributed by atoms with Gasteiger partial charge in [-0.05, 0) is 79.2 Å². The van der Waals surface area contributed by atoms with E-state index < -0.39 is 0 Å². The van der Waals surface area contributed by atoms with Crippen LogP contribution in [0.2, 0.25) is 0 Å². The van der Waals surface area contributed by atoms with Crippen molar-refractivity contribution in [1.29, 1.82) is 0 Å². The zero-order chi connectivity index (χ0) is 12.1. The molecule has 0 saturated carbocycles. The second-order valence-corrected chi connectivity index (χ2v) is 7.62. The summed E-state index contributed by atoms with van der Waals surface area (Å²) in [5.74, 6) is -0.0508. The van der Waals surface area contributed by atoms with Gasteiger partial charge in [0.1, 0.15) is 0 Å². The van der Waals surface area contributed by atoms with E-state index in [1.54, 1.807) is 0 Å². The molecule has 0 aliphatic carbocycles. The Morgan fingerprint density at radius 2 is 2.00 bits per heavy atom. The molecular formula is C11H10BrI2NO. The van der Waals surface area contributed by atoms with Gasteiger partial charge in [0.25, 0.3) is 5.91 Å². The molecule has 0 saturated heterocycles. The van der Waals surface area contributed by atoms with Gasteiger partial charge in [0.15, 0.2) is 0 Å². The van der Waals surface area contributed by atoms with Crippen LogP contribution >= 0.6 is 61.1 Å². The Hall–Kier alpha value is 0.370. The standard InChI is InChI=1S/C11H10BrI2NO/c1-7-4-2-3-5-8(7)6-15-11(16)9(13)10(12)14/h2-5H,6H2,1H3,(H,15,16). The second-order valence-electron chi connectivity index (χ2n) is 3.18. The Morgan fingerprint density at radius 3 is 2.56 bits per heavy atom. The van der Waals surface area contributed by atoms with E-state index in [0.717, 1.165) is 8.05 Å². The highest BCUT2D eigenvalue weighted by Crippen LogP contribution is 2.24. The van der Waals surface area contributed by atoms with Crippen LogP contribution in [0.3, 0.4) is 0 Å². The molecule has 1 N–H and O–H groups in total. The molecule has 0 aromatic heterocycles. The zero-order valence-electron chi connectivity index (χ0n) is 8.56. The Labute approximate surface area is 131 Å². The number of nitrogens with one attached hydrogen (secondary N) is 1. The van der Waals surface area contributed by atoms with Gasteiger partial charge in [-0.2, -0.15) is 0 Å². The first-order valence-electron chi connectivity index (χ1n) is 4.56. The summed E-state index contributed by atoms with van der Waals surface area (Å²) in [6.07, 6.45) is 0. The fourth-order valence-electron chi connectivity index (χ4n) is 1.15. The predicted molar refractivity (Wildman–Crippen MR) is 87.0 cm³/mol. The summed E-state index contributed by atoms with van der Waals surface area (Å²) in [6, 6.07) is 8.02. The Morgan fingerprint density at radius 1 is 1.38 bits per heavy atom. The van der Waals surface area contributed by atoms with Gasteiger partial charge in [0.2, 0.25) is 0 Å². The molecule has 16 heavy (non-hydrogen) atoms. The highest BCUT2D eigenvalue weighted by molar-refractivity contribution is 14.1. The summed E-state index contributed by atoms with van der Waals surface area (Å²) in [6.45, 7) is 2.60. The Bertz CT molecular complexity index is 428. The average Bonchev–Trinajstić information content (AvgIpc) is 2.26. The van der Waals surface area contributed by atoms with Crippen molar-refractivity contribution in [1.82, 2.24) is 5.32 Å². The molecule has 0 atom stereocenters. The van der Waals surface area contributed by atoms with Gasteiger partial charge in [0.05, 0.1) is 6.07 Å². The molecule has 0 aliphatic heterocycles. The van der Waals surface area contributed by atoms with Gasteiger partial charge in [-0.15, -0.1) is 0 Å². The number of carbonyl (C=O) groups excluding carboxylic acids is 1. The SMILES string of the molecule is Cc1ccccc1CNC(=O)C(I)=C(Br)I. The number of benzene rings is 1. The first kappa shape index (κ1) is 14.4. The molecule has 2 nitrogen and oxygen atoms in total. The molecule has 1 aromatic carbocycles. The third-order valence-corrected chi connectivity index (χ3v) is 5.80. The van der Waals surface area contributed by atoms with E-state index in [0.29, 0.717) is 10.1 Å². The van der Waals surface area contributed by atoms with Crippen molar-refractivity contribution in [3.63, 3.8) is 0 Å². The van der Waals surface area contributed by atoms with Crippen molar-refractivity contribution >= 4 is 67.0 Å². The number of carbonyl (C=O) groups is 1. The molecule has 0 heterocycles. The van der Waals surface area contributed by atoms with Crippen LogP contribution < -0.4 is 5.32 Å². The van der Waals surface area contributed by atoms with Gasteiger partial charge in [-0.3, -0.25) is 4.79 Å². The van der Waals surface area contributed by atoms with E-state index in [2.05, 4.69) is 43.8 Å². The van der Waals surface area contributed by atoms with E-state index in [1.165, 1.54) is 5.56 Å². The molecule has 86 valence electrons. The minimum Gasteiger partial charge on any atom is -0.348 e. The number of amides is 1. The van der Waals surface area contributed by atoms with E-state index in [4.69, 9.17) is 0 Å². The third-order valence-electron chi connectivity index (χ3n) is 2.07. The minimum atomic E-state index is -0.0508. The fraction of sp³-hybridized carbons (Fsp3) is 0.182. The molecule has 1 rings (SSSR count). The van der Waals surface area contributed by atoms with Crippen molar-refractivity contribution in [3.05, 3.63) is 41.5 Å². The quantitative estimate of drug-likeness (QED) is 0.487. The lowest BCUT2D eigenvalue weighted by molar-refractivity contribution is -0.116. The summed E-state index contributed by atoms with van der Waals surface area (Å²) in [7, 11) is 0. The first-order chi connectivity index (χ1) is 7.52. The van der Waals surface area contributed by atoms with Crippen LogP contribution in [0.1, 0.15) is 11.1 Å². The number of halogens is 3. The summed E-state index contributed by atoms with van der Waals surface area (Å²) in [5, 5.41) is 2.88. The van der Waals surface area contributed by atoms with Crippen LogP contribution in [-0.2, 0) is 11.3 Å². The molecule has 0 spiro atoms. The van der Waals surface area contributed by atoms with Crippen molar-refractivity contribution < 1.29 is 4.79 Å². The van der Waals surface area contributed by atoms with Gasteiger partial charge in [-0.1, -0.05) is 24.3 Å². The molecule has 0 bridgehead atoms. The summed E-state index contributed by atoms with van der Waals surface area (Å²) < 4.78 is 1.50. The maximum Gasteiger partial charge on any atom is 0.259 e. The molecule has 0 unspecified atom stereocenters. The lowest BCUT2D eigenvalue weighted by Gasteiger charge is -2.07. The monoisotopic (exact) mass is 505 g/mol. The average molecular weight is 506 g/mol. The van der Waals surface area contributed by atoms with Crippen molar-refractivity contribution in [2.24, 2.45) is 0 Å². The summed E-state index contributed by atoms with van der Waals surface area (Å²) >= 11 is 7.37. The normalized spacial score (nSPS) is 12.0. The van der Waals surface area contributed by atoms with Crippen molar-refractivity contribution in [2.75, 3.05) is 0 Å². The predicted octanol–water partition coefficient (Wildman–Crippen LogP) is 4.05. The molecule has 5 heteroatoms. The van der Waals surface area contributed by atoms with Crippen LogP contribution in [0.5, 0.6) is 0 Å². The van der Waals surface area contributed by atoms with E-state index in [9.17, 15) is 4.79 Å². The highest BCUT2D eigenvalue weighted by Gasteiger charge is 2.09. The number of aryl methyl sites for hydroxylation is 1. The molecular weight excluding hydrogens is 496 g/mol. The van der Waals surface area contributed by atoms with Gasteiger partial charge < -0.3 is 5.32 Å². The van der Waals surface area contributed by atoms with Gasteiger partial charge >= 0.3 is 0 Å². The largest absolute Gasteiger partial charge is 0.348 e. The molecule has 0 fully saturated rings. The third kappa shape index (κ3) is 4.33. The van der Waals surface area contributed by atoms with Crippen LogP contribution in [0, 0.1) is 6.92 Å². The number of rotatable bonds is 3. The number of hydrogen-bond acceptors (Lipinski definition) is 1. The first-order valence-corrected chi connectivity index (χ1v) is 7.51. The summed E-state index contributed by atoms with van der Waals surface area (Å²) in [4.78, 5) is 11.7. The molecule has 1 aromatic rings. The van der Waals surface area contributed by atoms with Crippen LogP contribution in [-0.4, -0.2) is 5.91 Å². The summed E-state index contributed by atoms with van der Waals surface area (Å²) in [5.41, 5.74) is 2.33. The number of hydrogen-bond donors (Lipinski definition) is 1. The van der Waals surface area contributed by atoms with E-state index in [1.807, 2.05) is 53.8 Å². The fourth-order valence-corrected chi connectivity index (χ4v) is 1.76. The van der Waals surface area contributed by atoms with Gasteiger partial charge in [0, 0.05) is 6.54 Å². The maximum absolute atomic E-state index is 11.7. The lowest BCUT2D eigenvalue weighted by atomic mass is 10.1. The van der Waals surface area contributed by atoms with Crippen LogP contribution in [0.15, 0.2) is 30.3 Å². The highest BCUT2D eigenvalue weighted by atomic mass is 127. The van der Waals surface area contributed by atoms with Crippen LogP contribution in [0.25, 0.3) is 0 Å². The Kier molecular flexibility index (Phi) is 6.27. The van der Waals surface area contributed by atoms with Gasteiger partial charge in [-0.25, -0.2) is 0 Å². The lowest BCUT2D eigenvalue weighted by Crippen LogP contribution is -2.23. The van der Waals surface area contributed by atoms with E-state index >= 15 is 0 Å². The van der Waals surface area contributed by atoms with Crippen molar-refractivity contribution in [3.8, 4) is 0 Å².